The number of amides is 1. The highest BCUT2D eigenvalue weighted by atomic mass is 19.1. The maximum Gasteiger partial charge on any atom is 0.253 e. The lowest BCUT2D eigenvalue weighted by Gasteiger charge is -2.34. The normalized spacial score (nSPS) is 18.8. The fraction of sp³-hybridized carbons (Fsp3) is 0.611. The molecule has 0 atom stereocenters. The van der Waals surface area contributed by atoms with Gasteiger partial charge in [-0.15, -0.1) is 0 Å². The van der Waals surface area contributed by atoms with E-state index in [1.54, 1.807) is 17.0 Å². The van der Waals surface area contributed by atoms with E-state index in [0.29, 0.717) is 43.3 Å². The van der Waals surface area contributed by atoms with Crippen molar-refractivity contribution in [2.75, 3.05) is 45.9 Å². The third-order valence-electron chi connectivity index (χ3n) is 4.68. The van der Waals surface area contributed by atoms with Gasteiger partial charge in [0.25, 0.3) is 5.91 Å². The van der Waals surface area contributed by atoms with Crippen LogP contribution in [-0.4, -0.2) is 66.8 Å². The Morgan fingerprint density at radius 1 is 1.25 bits per heavy atom. The largest absolute Gasteiger partial charge is 0.395 e. The summed E-state index contributed by atoms with van der Waals surface area (Å²) in [5, 5.41) is 8.97. The Morgan fingerprint density at radius 2 is 2.00 bits per heavy atom. The van der Waals surface area contributed by atoms with Gasteiger partial charge in [-0.2, -0.15) is 0 Å². The van der Waals surface area contributed by atoms with Gasteiger partial charge in [-0.25, -0.2) is 4.39 Å². The van der Waals surface area contributed by atoms with Crippen molar-refractivity contribution < 1.29 is 19.0 Å². The molecule has 0 bridgehead atoms. The molecule has 6 heteroatoms. The fourth-order valence-electron chi connectivity index (χ4n) is 2.94. The molecule has 1 aromatic carbocycles. The zero-order valence-corrected chi connectivity index (χ0v) is 13.9. The van der Waals surface area contributed by atoms with Crippen LogP contribution >= 0.6 is 0 Å². The molecular weight excluding hydrogens is 311 g/mol. The first-order valence-corrected chi connectivity index (χ1v) is 8.66. The predicted molar refractivity (Wildman–Crippen MR) is 88.2 cm³/mol. The summed E-state index contributed by atoms with van der Waals surface area (Å²) < 4.78 is 19.5. The van der Waals surface area contributed by atoms with Gasteiger partial charge in [0.05, 0.1) is 13.2 Å². The summed E-state index contributed by atoms with van der Waals surface area (Å²) >= 11 is 0. The molecule has 24 heavy (non-hydrogen) atoms. The maximum atomic E-state index is 13.9. The van der Waals surface area contributed by atoms with Gasteiger partial charge in [0.1, 0.15) is 5.82 Å². The molecule has 0 aromatic heterocycles. The second-order valence-corrected chi connectivity index (χ2v) is 6.62. The molecule has 1 aliphatic carbocycles. The minimum absolute atomic E-state index is 0.0675. The van der Waals surface area contributed by atoms with Crippen LogP contribution in [0, 0.1) is 11.7 Å². The molecule has 5 nitrogen and oxygen atoms in total. The summed E-state index contributed by atoms with van der Waals surface area (Å²) in [5.41, 5.74) is 0.956. The topological polar surface area (TPSA) is 53.0 Å². The first-order valence-electron chi connectivity index (χ1n) is 8.66. The summed E-state index contributed by atoms with van der Waals surface area (Å²) in [5.74, 6) is 0.241. The third-order valence-corrected chi connectivity index (χ3v) is 4.68. The summed E-state index contributed by atoms with van der Waals surface area (Å²) in [6.45, 7) is 4.43. The zero-order chi connectivity index (χ0) is 16.9. The molecule has 1 aromatic rings. The van der Waals surface area contributed by atoms with Crippen LogP contribution in [0.25, 0.3) is 0 Å². The van der Waals surface area contributed by atoms with Crippen molar-refractivity contribution in [1.29, 1.82) is 0 Å². The highest BCUT2D eigenvalue weighted by Gasteiger charge is 2.23. The number of carbonyl (C=O) groups excluding carboxylic acids is 1. The van der Waals surface area contributed by atoms with Crippen molar-refractivity contribution in [2.45, 2.75) is 19.4 Å². The number of nitrogens with zero attached hydrogens (tertiary/aromatic N) is 2. The van der Waals surface area contributed by atoms with Gasteiger partial charge >= 0.3 is 0 Å². The lowest BCUT2D eigenvalue weighted by Crippen LogP contribution is -2.49. The first-order chi connectivity index (χ1) is 11.7. The van der Waals surface area contributed by atoms with Crippen molar-refractivity contribution in [3.05, 3.63) is 35.1 Å². The van der Waals surface area contributed by atoms with Crippen LogP contribution in [0.15, 0.2) is 18.2 Å². The molecule has 1 saturated carbocycles. The molecule has 1 N–H and O–H groups in total. The molecule has 132 valence electrons. The zero-order valence-electron chi connectivity index (χ0n) is 13.9. The monoisotopic (exact) mass is 336 g/mol. The molecule has 2 aliphatic rings. The number of benzene rings is 1. The lowest BCUT2D eigenvalue weighted by atomic mass is 10.1. The Hall–Kier alpha value is -1.50. The van der Waals surface area contributed by atoms with Crippen LogP contribution in [0.2, 0.25) is 0 Å². The Balaban J connectivity index is 1.57. The number of aliphatic hydroxyl groups is 1. The minimum atomic E-state index is -0.324. The van der Waals surface area contributed by atoms with E-state index >= 15 is 0 Å². The van der Waals surface area contributed by atoms with Crippen LogP contribution in [0.5, 0.6) is 0 Å². The maximum absolute atomic E-state index is 13.9. The van der Waals surface area contributed by atoms with Gasteiger partial charge < -0.3 is 14.7 Å². The predicted octanol–water partition coefficient (Wildman–Crippen LogP) is 1.50. The summed E-state index contributed by atoms with van der Waals surface area (Å²) in [7, 11) is 0. The van der Waals surface area contributed by atoms with E-state index in [2.05, 4.69) is 4.90 Å². The molecular formula is C18H25FN2O3. The van der Waals surface area contributed by atoms with E-state index in [9.17, 15) is 9.18 Å². The van der Waals surface area contributed by atoms with E-state index in [1.165, 1.54) is 18.9 Å². The van der Waals surface area contributed by atoms with Gasteiger partial charge in [0.2, 0.25) is 0 Å². The highest BCUT2D eigenvalue weighted by Crippen LogP contribution is 2.29. The summed E-state index contributed by atoms with van der Waals surface area (Å²) in [4.78, 5) is 16.5. The number of halogens is 1. The van der Waals surface area contributed by atoms with Crippen LogP contribution in [-0.2, 0) is 11.3 Å². The highest BCUT2D eigenvalue weighted by molar-refractivity contribution is 5.94. The number of aliphatic hydroxyl groups excluding tert-OH is 1. The van der Waals surface area contributed by atoms with Gasteiger partial charge in [0, 0.05) is 50.5 Å². The van der Waals surface area contributed by atoms with Crippen molar-refractivity contribution in [2.24, 2.45) is 5.92 Å². The number of hydrogen-bond acceptors (Lipinski definition) is 4. The van der Waals surface area contributed by atoms with Gasteiger partial charge in [-0.05, 0) is 37.0 Å². The van der Waals surface area contributed by atoms with E-state index in [1.807, 2.05) is 0 Å². The average molecular weight is 336 g/mol. The molecule has 2 fully saturated rings. The number of carbonyl (C=O) groups is 1. The van der Waals surface area contributed by atoms with Crippen LogP contribution < -0.4 is 0 Å². The summed E-state index contributed by atoms with van der Waals surface area (Å²) in [6, 6.07) is 4.51. The Labute approximate surface area is 142 Å². The van der Waals surface area contributed by atoms with Crippen molar-refractivity contribution in [1.82, 2.24) is 9.80 Å². The Morgan fingerprint density at radius 3 is 2.67 bits per heavy atom. The molecule has 1 saturated heterocycles. The van der Waals surface area contributed by atoms with E-state index < -0.39 is 0 Å². The van der Waals surface area contributed by atoms with Gasteiger partial charge in [-0.1, -0.05) is 0 Å². The first kappa shape index (κ1) is 17.3. The molecule has 0 radical (unpaired) electrons. The van der Waals surface area contributed by atoms with E-state index in [0.717, 1.165) is 13.1 Å². The van der Waals surface area contributed by atoms with Crippen molar-refractivity contribution in [3.63, 3.8) is 0 Å². The molecule has 0 unspecified atom stereocenters. The number of ether oxygens (including phenoxy) is 1. The number of hydrogen-bond donors (Lipinski definition) is 1. The molecule has 1 heterocycles. The summed E-state index contributed by atoms with van der Waals surface area (Å²) in [6.07, 6.45) is 2.40. The van der Waals surface area contributed by atoms with Crippen LogP contribution in [0.4, 0.5) is 4.39 Å². The van der Waals surface area contributed by atoms with Gasteiger partial charge in [-0.3, -0.25) is 9.69 Å². The quantitative estimate of drug-likeness (QED) is 0.820. The standard InChI is InChI=1S/C18H25FN2O3/c19-17-4-3-15(11-16(17)13-24-12-14-1-2-14)18(23)21-7-5-20(6-8-21)9-10-22/h3-4,11,14,22H,1-2,5-10,12-13H2. The van der Waals surface area contributed by atoms with Crippen LogP contribution in [0.3, 0.4) is 0 Å². The SMILES string of the molecule is O=C(c1ccc(F)c(COCC2CC2)c1)N1CCN(CCO)CC1. The molecule has 1 aliphatic heterocycles. The second-order valence-electron chi connectivity index (χ2n) is 6.62. The van der Waals surface area contributed by atoms with Crippen LogP contribution in [0.1, 0.15) is 28.8 Å². The molecule has 1 amide bonds. The van der Waals surface area contributed by atoms with Crippen molar-refractivity contribution in [3.8, 4) is 0 Å². The second kappa shape index (κ2) is 8.05. The molecule has 3 rings (SSSR count). The van der Waals surface area contributed by atoms with E-state index in [4.69, 9.17) is 9.84 Å². The average Bonchev–Trinajstić information content (AvgIpc) is 3.41. The fourth-order valence-corrected chi connectivity index (χ4v) is 2.94. The number of rotatable bonds is 7. The molecule has 0 spiro atoms. The van der Waals surface area contributed by atoms with E-state index in [-0.39, 0.29) is 24.9 Å². The Kier molecular flexibility index (Phi) is 5.81. The minimum Gasteiger partial charge on any atom is -0.395 e. The smallest absolute Gasteiger partial charge is 0.253 e. The number of β-amino-alcohol motifs (C(OH)–C–C–N with tert-alkyl or cyclic N) is 1. The van der Waals surface area contributed by atoms with Gasteiger partial charge in [0.15, 0.2) is 0 Å². The Bertz CT molecular complexity index is 569. The number of piperazine rings is 1. The lowest BCUT2D eigenvalue weighted by molar-refractivity contribution is 0.0614. The van der Waals surface area contributed by atoms with Crippen molar-refractivity contribution >= 4 is 5.91 Å². The third kappa shape index (κ3) is 4.53.